The van der Waals surface area contributed by atoms with Gasteiger partial charge in [0, 0.05) is 27.7 Å². The van der Waals surface area contributed by atoms with Crippen molar-refractivity contribution in [2.24, 2.45) is 0 Å². The highest BCUT2D eigenvalue weighted by molar-refractivity contribution is 5.81. The van der Waals surface area contributed by atoms with Gasteiger partial charge in [-0.25, -0.2) is 0 Å². The second kappa shape index (κ2) is 3.87. The topological polar surface area (TPSA) is 41.6 Å². The van der Waals surface area contributed by atoms with Gasteiger partial charge >= 0.3 is 0 Å². The number of carbonyl (C=O) groups is 1. The van der Waals surface area contributed by atoms with Crippen LogP contribution in [0.5, 0.6) is 0 Å². The zero-order chi connectivity index (χ0) is 9.14. The molecule has 0 spiro atoms. The van der Waals surface area contributed by atoms with Gasteiger partial charge in [0.2, 0.25) is 5.91 Å². The number of hydrogen-bond donors (Lipinski definition) is 1. The fourth-order valence-corrected chi connectivity index (χ4v) is 1.38. The van der Waals surface area contributed by atoms with Crippen molar-refractivity contribution in [1.29, 1.82) is 0 Å². The van der Waals surface area contributed by atoms with E-state index in [4.69, 9.17) is 4.74 Å². The smallest absolute Gasteiger partial charge is 0.239 e. The number of nitrogens with one attached hydrogen (secondary N) is 1. The lowest BCUT2D eigenvalue weighted by molar-refractivity contribution is -0.130. The summed E-state index contributed by atoms with van der Waals surface area (Å²) in [5, 5.41) is 3.12. The third-order valence-electron chi connectivity index (χ3n) is 2.16. The standard InChI is InChI=1S/C8H16N2O2/c1-10(2)8(11)7-4-6(12-3)5-9-7/h6-7,9H,4-5H2,1-3H3. The van der Waals surface area contributed by atoms with Crippen molar-refractivity contribution < 1.29 is 9.53 Å². The predicted octanol–water partition coefficient (Wildman–Crippen LogP) is -0.548. The first-order valence-corrected chi connectivity index (χ1v) is 4.12. The van der Waals surface area contributed by atoms with Crippen molar-refractivity contribution >= 4 is 5.91 Å². The minimum atomic E-state index is -0.0510. The maximum Gasteiger partial charge on any atom is 0.239 e. The fraction of sp³-hybridized carbons (Fsp3) is 0.875. The van der Waals surface area contributed by atoms with Crippen LogP contribution in [0.3, 0.4) is 0 Å². The lowest BCUT2D eigenvalue weighted by Gasteiger charge is -2.15. The fourth-order valence-electron chi connectivity index (χ4n) is 1.38. The van der Waals surface area contributed by atoms with Gasteiger partial charge in [-0.05, 0) is 6.42 Å². The molecule has 2 unspecified atom stereocenters. The van der Waals surface area contributed by atoms with Gasteiger partial charge < -0.3 is 15.0 Å². The van der Waals surface area contributed by atoms with Gasteiger partial charge in [-0.3, -0.25) is 4.79 Å². The number of carbonyl (C=O) groups excluding carboxylic acids is 1. The molecule has 4 nitrogen and oxygen atoms in total. The summed E-state index contributed by atoms with van der Waals surface area (Å²) in [6.45, 7) is 0.779. The van der Waals surface area contributed by atoms with E-state index in [0.717, 1.165) is 13.0 Å². The molecule has 0 bridgehead atoms. The molecule has 1 fully saturated rings. The van der Waals surface area contributed by atoms with E-state index in [2.05, 4.69) is 5.32 Å². The zero-order valence-electron chi connectivity index (χ0n) is 7.83. The SMILES string of the molecule is COC1CNC(C(=O)N(C)C)C1. The summed E-state index contributed by atoms with van der Waals surface area (Å²) in [7, 11) is 5.21. The lowest BCUT2D eigenvalue weighted by atomic mass is 10.2. The Kier molecular flexibility index (Phi) is 3.05. The van der Waals surface area contributed by atoms with Crippen molar-refractivity contribution in [3.8, 4) is 0 Å². The number of hydrogen-bond acceptors (Lipinski definition) is 3. The van der Waals surface area contributed by atoms with E-state index >= 15 is 0 Å². The van der Waals surface area contributed by atoms with E-state index in [9.17, 15) is 4.79 Å². The molecule has 0 radical (unpaired) electrons. The van der Waals surface area contributed by atoms with E-state index in [1.165, 1.54) is 0 Å². The van der Waals surface area contributed by atoms with Crippen LogP contribution in [-0.4, -0.2) is 50.7 Å². The molecular weight excluding hydrogens is 156 g/mol. The Morgan fingerprint density at radius 3 is 2.67 bits per heavy atom. The lowest BCUT2D eigenvalue weighted by Crippen LogP contribution is -2.39. The maximum atomic E-state index is 11.4. The van der Waals surface area contributed by atoms with Gasteiger partial charge in [0.05, 0.1) is 12.1 Å². The molecule has 1 aliphatic rings. The largest absolute Gasteiger partial charge is 0.380 e. The molecule has 1 N–H and O–H groups in total. The molecule has 0 aromatic rings. The average Bonchev–Trinajstić information content (AvgIpc) is 2.50. The highest BCUT2D eigenvalue weighted by Crippen LogP contribution is 2.10. The van der Waals surface area contributed by atoms with E-state index < -0.39 is 0 Å². The Balaban J connectivity index is 2.41. The number of likely N-dealkylation sites (N-methyl/N-ethyl adjacent to an activating group) is 1. The first-order chi connectivity index (χ1) is 5.65. The van der Waals surface area contributed by atoms with Crippen LogP contribution in [-0.2, 0) is 9.53 Å². The molecular formula is C8H16N2O2. The van der Waals surface area contributed by atoms with Gasteiger partial charge in [0.25, 0.3) is 0 Å². The average molecular weight is 172 g/mol. The van der Waals surface area contributed by atoms with Crippen molar-refractivity contribution in [2.45, 2.75) is 18.6 Å². The second-order valence-electron chi connectivity index (χ2n) is 3.29. The third-order valence-corrected chi connectivity index (χ3v) is 2.16. The minimum absolute atomic E-state index is 0.0510. The normalized spacial score (nSPS) is 28.9. The van der Waals surface area contributed by atoms with Crippen molar-refractivity contribution in [2.75, 3.05) is 27.7 Å². The first-order valence-electron chi connectivity index (χ1n) is 4.12. The summed E-state index contributed by atoms with van der Waals surface area (Å²) >= 11 is 0. The summed E-state index contributed by atoms with van der Waals surface area (Å²) in [6.07, 6.45) is 0.979. The Labute approximate surface area is 72.9 Å². The number of ether oxygens (including phenoxy) is 1. The summed E-state index contributed by atoms with van der Waals surface area (Å²) in [4.78, 5) is 13.0. The van der Waals surface area contributed by atoms with Crippen LogP contribution in [0.15, 0.2) is 0 Å². The number of methoxy groups -OCH3 is 1. The van der Waals surface area contributed by atoms with Crippen LogP contribution in [0, 0.1) is 0 Å². The third kappa shape index (κ3) is 1.95. The maximum absolute atomic E-state index is 11.4. The summed E-state index contributed by atoms with van der Waals surface area (Å²) in [5.41, 5.74) is 0. The molecule has 1 aliphatic heterocycles. The van der Waals surface area contributed by atoms with E-state index in [1.54, 1.807) is 26.1 Å². The van der Waals surface area contributed by atoms with Gasteiger partial charge in [0.1, 0.15) is 0 Å². The minimum Gasteiger partial charge on any atom is -0.380 e. The van der Waals surface area contributed by atoms with Crippen LogP contribution in [0.2, 0.25) is 0 Å². The van der Waals surface area contributed by atoms with Gasteiger partial charge in [-0.1, -0.05) is 0 Å². The summed E-state index contributed by atoms with van der Waals surface area (Å²) in [5.74, 6) is 0.134. The van der Waals surface area contributed by atoms with Gasteiger partial charge in [-0.2, -0.15) is 0 Å². The Morgan fingerprint density at radius 1 is 1.58 bits per heavy atom. The predicted molar refractivity (Wildman–Crippen MR) is 45.9 cm³/mol. The molecule has 1 heterocycles. The van der Waals surface area contributed by atoms with Gasteiger partial charge in [-0.15, -0.1) is 0 Å². The molecule has 4 heteroatoms. The van der Waals surface area contributed by atoms with Crippen molar-refractivity contribution in [1.82, 2.24) is 10.2 Å². The molecule has 0 aromatic heterocycles. The molecule has 2 atom stereocenters. The highest BCUT2D eigenvalue weighted by Gasteiger charge is 2.29. The van der Waals surface area contributed by atoms with E-state index in [1.807, 2.05) is 0 Å². The molecule has 0 saturated carbocycles. The molecule has 12 heavy (non-hydrogen) atoms. The molecule has 70 valence electrons. The molecule has 0 aromatic carbocycles. The molecule has 0 aliphatic carbocycles. The van der Waals surface area contributed by atoms with Crippen molar-refractivity contribution in [3.63, 3.8) is 0 Å². The monoisotopic (exact) mass is 172 g/mol. The summed E-state index contributed by atoms with van der Waals surface area (Å²) in [6, 6.07) is -0.0510. The van der Waals surface area contributed by atoms with Gasteiger partial charge in [0.15, 0.2) is 0 Å². The highest BCUT2D eigenvalue weighted by atomic mass is 16.5. The van der Waals surface area contributed by atoms with Crippen LogP contribution in [0.1, 0.15) is 6.42 Å². The van der Waals surface area contributed by atoms with E-state index in [-0.39, 0.29) is 18.1 Å². The Hall–Kier alpha value is -0.610. The summed E-state index contributed by atoms with van der Waals surface area (Å²) < 4.78 is 5.14. The number of rotatable bonds is 2. The molecule has 1 rings (SSSR count). The van der Waals surface area contributed by atoms with E-state index in [0.29, 0.717) is 0 Å². The van der Waals surface area contributed by atoms with Crippen LogP contribution < -0.4 is 5.32 Å². The zero-order valence-corrected chi connectivity index (χ0v) is 7.83. The number of amides is 1. The Morgan fingerprint density at radius 2 is 2.25 bits per heavy atom. The van der Waals surface area contributed by atoms with Crippen LogP contribution >= 0.6 is 0 Å². The van der Waals surface area contributed by atoms with Crippen LogP contribution in [0.25, 0.3) is 0 Å². The first kappa shape index (κ1) is 9.48. The second-order valence-corrected chi connectivity index (χ2v) is 3.29. The Bertz CT molecular complexity index is 170. The molecule has 1 saturated heterocycles. The molecule has 1 amide bonds. The number of nitrogens with zero attached hydrogens (tertiary/aromatic N) is 1. The van der Waals surface area contributed by atoms with Crippen molar-refractivity contribution in [3.05, 3.63) is 0 Å². The van der Waals surface area contributed by atoms with Crippen LogP contribution in [0.4, 0.5) is 0 Å². The quantitative estimate of drug-likeness (QED) is 0.607.